The summed E-state index contributed by atoms with van der Waals surface area (Å²) in [4.78, 5) is 0. The Balaban J connectivity index is 1.30. The van der Waals surface area contributed by atoms with Crippen LogP contribution in [0.1, 0.15) is 45.7 Å². The highest BCUT2D eigenvalue weighted by Crippen LogP contribution is 2.57. The molecule has 0 bridgehead atoms. The lowest BCUT2D eigenvalue weighted by molar-refractivity contribution is -1.02. The minimum Gasteiger partial charge on any atom is -0.545 e. The van der Waals surface area contributed by atoms with E-state index >= 15 is 0 Å². The number of benzene rings is 7. The molecule has 8 aromatic rings. The summed E-state index contributed by atoms with van der Waals surface area (Å²) >= 11 is 0. The van der Waals surface area contributed by atoms with Crippen LogP contribution in [0.15, 0.2) is 182 Å². The number of nitrogens with one attached hydrogen (secondary N) is 1. The SMILES string of the molecule is c1ccc(C2[N-]C(c3ccccc3)[NH+]2n2c3ccccc3c3cc4c(cc32)-c2ccccc2C4(c2ccccc2)c2ccccc2)cc1. The molecule has 48 heavy (non-hydrogen) atoms. The molecule has 0 spiro atoms. The van der Waals surface area contributed by atoms with Crippen LogP contribution in [-0.4, -0.2) is 4.68 Å². The van der Waals surface area contributed by atoms with Crippen LogP contribution < -0.4 is 5.01 Å². The van der Waals surface area contributed by atoms with Gasteiger partial charge in [0.05, 0.1) is 17.7 Å². The first kappa shape index (κ1) is 27.4. The Morgan fingerprint density at radius 1 is 0.438 bits per heavy atom. The Hall–Kier alpha value is -5.74. The zero-order valence-electron chi connectivity index (χ0n) is 26.4. The molecule has 0 saturated carbocycles. The topological polar surface area (TPSA) is 23.5 Å². The largest absolute Gasteiger partial charge is 0.545 e. The first-order chi connectivity index (χ1) is 23.8. The van der Waals surface area contributed by atoms with Gasteiger partial charge in [-0.3, -0.25) is 0 Å². The van der Waals surface area contributed by atoms with Crippen molar-refractivity contribution in [1.29, 1.82) is 0 Å². The fourth-order valence-electron chi connectivity index (χ4n) is 8.58. The molecule has 1 aliphatic carbocycles. The minimum atomic E-state index is -0.441. The maximum Gasteiger partial charge on any atom is 0.102 e. The summed E-state index contributed by atoms with van der Waals surface area (Å²) in [5.74, 6) is 0. The molecule has 1 aliphatic heterocycles. The van der Waals surface area contributed by atoms with Crippen LogP contribution in [0, 0.1) is 0 Å². The normalized spacial score (nSPS) is 19.1. The summed E-state index contributed by atoms with van der Waals surface area (Å²) in [6, 6.07) is 66.6. The van der Waals surface area contributed by atoms with Gasteiger partial charge in [-0.15, -0.1) is 0 Å². The lowest BCUT2D eigenvalue weighted by Crippen LogP contribution is -3.19. The van der Waals surface area contributed by atoms with Gasteiger partial charge in [0.1, 0.15) is 11.0 Å². The van der Waals surface area contributed by atoms with Crippen molar-refractivity contribution < 1.29 is 5.01 Å². The van der Waals surface area contributed by atoms with E-state index in [1.807, 2.05) is 0 Å². The lowest BCUT2D eigenvalue weighted by atomic mass is 9.67. The first-order valence-electron chi connectivity index (χ1n) is 16.8. The van der Waals surface area contributed by atoms with Gasteiger partial charge < -0.3 is 5.32 Å². The summed E-state index contributed by atoms with van der Waals surface area (Å²) in [6.45, 7) is 0. The standard InChI is InChI=1S/C45H32N3/c1-5-17-31(18-6-1)43-46-44(32-19-7-2-8-20-32)48(43)47-41-28-16-14-26-36(41)38-29-40-37(30-42(38)47)35-25-13-15-27-39(35)45(40,33-21-9-3-10-22-33)34-23-11-4-12-24-34/h1-30,43-44H/q-1/p+1. The number of hydrogen-bond donors (Lipinski definition) is 1. The van der Waals surface area contributed by atoms with E-state index in [1.54, 1.807) is 0 Å². The van der Waals surface area contributed by atoms with Crippen LogP contribution in [0.2, 0.25) is 0 Å². The van der Waals surface area contributed by atoms with Crippen LogP contribution in [-0.2, 0) is 5.41 Å². The number of hydrogen-bond acceptors (Lipinski definition) is 0. The van der Waals surface area contributed by atoms with E-state index in [9.17, 15) is 0 Å². The number of fused-ring (bicyclic) bond motifs is 6. The number of para-hydroxylation sites is 1. The van der Waals surface area contributed by atoms with Gasteiger partial charge in [-0.05, 0) is 62.7 Å². The first-order valence-corrected chi connectivity index (χ1v) is 16.8. The van der Waals surface area contributed by atoms with Crippen molar-refractivity contribution in [2.75, 3.05) is 0 Å². The Morgan fingerprint density at radius 3 is 1.58 bits per heavy atom. The van der Waals surface area contributed by atoms with Crippen molar-refractivity contribution in [3.05, 3.63) is 221 Å². The maximum absolute atomic E-state index is 5.37. The van der Waals surface area contributed by atoms with Gasteiger partial charge in [0.15, 0.2) is 0 Å². The third-order valence-corrected chi connectivity index (χ3v) is 10.6. The summed E-state index contributed by atoms with van der Waals surface area (Å²) in [6.07, 6.45) is -0.0487. The van der Waals surface area contributed by atoms with Crippen molar-refractivity contribution in [2.45, 2.75) is 17.7 Å². The maximum atomic E-state index is 5.37. The van der Waals surface area contributed by atoms with E-state index < -0.39 is 5.41 Å². The van der Waals surface area contributed by atoms with Gasteiger partial charge in [-0.2, -0.15) is 4.68 Å². The molecule has 2 atom stereocenters. The molecule has 1 fully saturated rings. The van der Waals surface area contributed by atoms with E-state index in [-0.39, 0.29) is 12.3 Å². The van der Waals surface area contributed by atoms with Crippen LogP contribution in [0.3, 0.4) is 0 Å². The van der Waals surface area contributed by atoms with Crippen molar-refractivity contribution in [3.8, 4) is 11.1 Å². The summed E-state index contributed by atoms with van der Waals surface area (Å²) in [5, 5.41) is 9.21. The summed E-state index contributed by atoms with van der Waals surface area (Å²) in [7, 11) is 0. The molecule has 228 valence electrons. The van der Waals surface area contributed by atoms with Crippen LogP contribution in [0.5, 0.6) is 0 Å². The van der Waals surface area contributed by atoms with Crippen molar-refractivity contribution >= 4 is 21.8 Å². The van der Waals surface area contributed by atoms with E-state index in [4.69, 9.17) is 5.32 Å². The van der Waals surface area contributed by atoms with Crippen LogP contribution in [0.25, 0.3) is 38.2 Å². The quantitative estimate of drug-likeness (QED) is 0.199. The highest BCUT2D eigenvalue weighted by atomic mass is 15.7. The molecule has 2 heterocycles. The molecule has 0 radical (unpaired) electrons. The molecule has 7 aromatic carbocycles. The number of rotatable bonds is 5. The lowest BCUT2D eigenvalue weighted by Gasteiger charge is -2.57. The molecule has 1 saturated heterocycles. The third-order valence-electron chi connectivity index (χ3n) is 10.6. The molecule has 1 N–H and O–H groups in total. The molecule has 3 heteroatoms. The van der Waals surface area contributed by atoms with Crippen molar-refractivity contribution in [3.63, 3.8) is 0 Å². The Kier molecular flexibility index (Phi) is 6.07. The highest BCUT2D eigenvalue weighted by molar-refractivity contribution is 6.10. The second kappa shape index (κ2) is 10.6. The molecule has 2 unspecified atom stereocenters. The zero-order valence-corrected chi connectivity index (χ0v) is 26.4. The molecule has 3 nitrogen and oxygen atoms in total. The second-order valence-corrected chi connectivity index (χ2v) is 13.0. The Labute approximate surface area is 280 Å². The van der Waals surface area contributed by atoms with Crippen molar-refractivity contribution in [1.82, 2.24) is 4.68 Å². The molecular weight excluding hydrogens is 583 g/mol. The van der Waals surface area contributed by atoms with Crippen LogP contribution in [0.4, 0.5) is 0 Å². The molecule has 0 amide bonds. The van der Waals surface area contributed by atoms with Gasteiger partial charge in [-0.1, -0.05) is 164 Å². The Morgan fingerprint density at radius 2 is 0.958 bits per heavy atom. The molecule has 2 aliphatic rings. The van der Waals surface area contributed by atoms with Gasteiger partial charge >= 0.3 is 0 Å². The second-order valence-electron chi connectivity index (χ2n) is 13.0. The van der Waals surface area contributed by atoms with E-state index in [0.29, 0.717) is 0 Å². The monoisotopic (exact) mass is 615 g/mol. The van der Waals surface area contributed by atoms with Gasteiger partial charge in [0.2, 0.25) is 0 Å². The smallest absolute Gasteiger partial charge is 0.102 e. The predicted octanol–water partition coefficient (Wildman–Crippen LogP) is 9.59. The summed E-state index contributed by atoms with van der Waals surface area (Å²) in [5.41, 5.74) is 12.3. The zero-order chi connectivity index (χ0) is 31.7. The van der Waals surface area contributed by atoms with Crippen LogP contribution >= 0.6 is 0 Å². The highest BCUT2D eigenvalue weighted by Gasteiger charge is 2.47. The number of aromatic nitrogens is 1. The van der Waals surface area contributed by atoms with E-state index in [0.717, 1.165) is 0 Å². The average molecular weight is 616 g/mol. The Bertz CT molecular complexity index is 2350. The molecular formula is C45H33N3. The van der Waals surface area contributed by atoms with Crippen molar-refractivity contribution in [2.24, 2.45) is 0 Å². The number of quaternary nitrogens is 1. The minimum absolute atomic E-state index is 0.0244. The molecule has 10 rings (SSSR count). The fraction of sp³-hybridized carbons (Fsp3) is 0.0667. The van der Waals surface area contributed by atoms with Gasteiger partial charge in [0, 0.05) is 10.8 Å². The summed E-state index contributed by atoms with van der Waals surface area (Å²) < 4.78 is 2.54. The number of nitrogens with zero attached hydrogens (tertiary/aromatic N) is 2. The predicted molar refractivity (Wildman–Crippen MR) is 195 cm³/mol. The third kappa shape index (κ3) is 3.77. The molecule has 1 aromatic heterocycles. The van der Waals surface area contributed by atoms with Gasteiger partial charge in [-0.25, -0.2) is 5.01 Å². The van der Waals surface area contributed by atoms with E-state index in [1.165, 1.54) is 71.3 Å². The van der Waals surface area contributed by atoms with E-state index in [2.05, 4.69) is 187 Å². The fourth-order valence-corrected chi connectivity index (χ4v) is 8.58. The van der Waals surface area contributed by atoms with Gasteiger partial charge in [0.25, 0.3) is 0 Å². The average Bonchev–Trinajstić information content (AvgIpc) is 3.62.